The second-order valence-corrected chi connectivity index (χ2v) is 4.79. The molecule has 1 heterocycles. The van der Waals surface area contributed by atoms with Gasteiger partial charge in [0.2, 0.25) is 5.88 Å². The first-order valence-corrected chi connectivity index (χ1v) is 6.24. The molecule has 0 saturated carbocycles. The number of hydrogen-bond donors (Lipinski definition) is 1. The number of aromatic nitrogens is 1. The Balaban J connectivity index is 2.33. The van der Waals surface area contributed by atoms with E-state index in [1.807, 2.05) is 0 Å². The highest BCUT2D eigenvalue weighted by Gasteiger charge is 2.09. The molecule has 0 bridgehead atoms. The first kappa shape index (κ1) is 13.3. The van der Waals surface area contributed by atoms with Crippen molar-refractivity contribution in [1.29, 1.82) is 0 Å². The number of nitrogens with two attached hydrogens (primary N) is 1. The molecule has 1 aromatic heterocycles. The van der Waals surface area contributed by atoms with E-state index in [-0.39, 0.29) is 12.4 Å². The lowest BCUT2D eigenvalue weighted by molar-refractivity contribution is 0.449. The smallest absolute Gasteiger partial charge is 0.223 e. The van der Waals surface area contributed by atoms with Crippen LogP contribution in [0.25, 0.3) is 0 Å². The molecule has 2 N–H and O–H groups in total. The topological polar surface area (TPSA) is 48.1 Å². The van der Waals surface area contributed by atoms with Gasteiger partial charge in [-0.1, -0.05) is 11.6 Å². The molecule has 1 aromatic carbocycles. The summed E-state index contributed by atoms with van der Waals surface area (Å²) in [5.74, 6) is 0.369. The lowest BCUT2D eigenvalue weighted by atomic mass is 10.2. The van der Waals surface area contributed by atoms with Crippen LogP contribution in [0.1, 0.15) is 5.56 Å². The highest BCUT2D eigenvalue weighted by atomic mass is 79.9. The Hall–Kier alpha value is -1.17. The van der Waals surface area contributed by atoms with Crippen molar-refractivity contribution in [1.82, 2.24) is 4.98 Å². The van der Waals surface area contributed by atoms with Crippen LogP contribution in [0.15, 0.2) is 34.9 Å². The molecule has 3 nitrogen and oxygen atoms in total. The highest BCUT2D eigenvalue weighted by molar-refractivity contribution is 9.10. The Morgan fingerprint density at radius 3 is 2.83 bits per heavy atom. The van der Waals surface area contributed by atoms with Crippen molar-refractivity contribution in [2.24, 2.45) is 5.73 Å². The third-order valence-electron chi connectivity index (χ3n) is 2.21. The third kappa shape index (κ3) is 2.98. The summed E-state index contributed by atoms with van der Waals surface area (Å²) in [6, 6.07) is 6.37. The average Bonchev–Trinajstić information content (AvgIpc) is 2.34. The molecule has 0 saturated heterocycles. The summed E-state index contributed by atoms with van der Waals surface area (Å²) < 4.78 is 19.3. The van der Waals surface area contributed by atoms with E-state index in [9.17, 15) is 4.39 Å². The van der Waals surface area contributed by atoms with Gasteiger partial charge >= 0.3 is 0 Å². The molecule has 18 heavy (non-hydrogen) atoms. The summed E-state index contributed by atoms with van der Waals surface area (Å²) in [7, 11) is 0. The summed E-state index contributed by atoms with van der Waals surface area (Å²) in [5.41, 5.74) is 6.01. The molecular weight excluding hydrogens is 322 g/mol. The van der Waals surface area contributed by atoms with Gasteiger partial charge in [-0.2, -0.15) is 0 Å². The van der Waals surface area contributed by atoms with E-state index in [2.05, 4.69) is 20.9 Å². The van der Waals surface area contributed by atoms with Crippen LogP contribution in [0.2, 0.25) is 5.02 Å². The summed E-state index contributed by atoms with van der Waals surface area (Å²) >= 11 is 9.15. The van der Waals surface area contributed by atoms with Gasteiger partial charge in [0.1, 0.15) is 11.6 Å². The number of ether oxygens (including phenoxy) is 1. The minimum atomic E-state index is -0.446. The fourth-order valence-electron chi connectivity index (χ4n) is 1.37. The van der Waals surface area contributed by atoms with Crippen molar-refractivity contribution in [3.05, 3.63) is 51.3 Å². The second-order valence-electron chi connectivity index (χ2n) is 3.50. The number of rotatable bonds is 3. The van der Waals surface area contributed by atoms with E-state index >= 15 is 0 Å². The molecule has 0 aliphatic heterocycles. The third-order valence-corrected chi connectivity index (χ3v) is 3.07. The molecule has 0 radical (unpaired) electrons. The van der Waals surface area contributed by atoms with E-state index in [0.29, 0.717) is 20.8 Å². The van der Waals surface area contributed by atoms with Gasteiger partial charge in [0.05, 0.1) is 10.7 Å². The molecule has 2 aromatic rings. The predicted molar refractivity (Wildman–Crippen MR) is 71.3 cm³/mol. The summed E-state index contributed by atoms with van der Waals surface area (Å²) in [4.78, 5) is 3.88. The number of nitrogens with zero attached hydrogens (tertiary/aromatic N) is 1. The maximum absolute atomic E-state index is 13.0. The molecular formula is C12H9BrClFN2O. The van der Waals surface area contributed by atoms with Crippen LogP contribution in [-0.2, 0) is 6.54 Å². The summed E-state index contributed by atoms with van der Waals surface area (Å²) in [6.07, 6.45) is 1.08. The first-order valence-electron chi connectivity index (χ1n) is 5.07. The Morgan fingerprint density at radius 2 is 2.17 bits per heavy atom. The zero-order chi connectivity index (χ0) is 13.1. The zero-order valence-corrected chi connectivity index (χ0v) is 11.5. The molecule has 6 heteroatoms. The molecule has 0 aliphatic carbocycles. The molecule has 0 spiro atoms. The number of hydrogen-bond acceptors (Lipinski definition) is 3. The van der Waals surface area contributed by atoms with E-state index in [4.69, 9.17) is 22.1 Å². The van der Waals surface area contributed by atoms with E-state index in [1.165, 1.54) is 6.07 Å². The largest absolute Gasteiger partial charge is 0.438 e. The lowest BCUT2D eigenvalue weighted by Crippen LogP contribution is -2.02. The minimum Gasteiger partial charge on any atom is -0.438 e. The Bertz CT molecular complexity index is 580. The molecule has 0 amide bonds. The van der Waals surface area contributed by atoms with Gasteiger partial charge in [-0.05, 0) is 40.2 Å². The van der Waals surface area contributed by atoms with Gasteiger partial charge < -0.3 is 10.5 Å². The van der Waals surface area contributed by atoms with Crippen molar-refractivity contribution in [3.8, 4) is 11.6 Å². The van der Waals surface area contributed by atoms with E-state index in [1.54, 1.807) is 18.2 Å². The SMILES string of the molecule is NCc1cc(F)cnc1Oc1ccc(Cl)cc1Br. The zero-order valence-electron chi connectivity index (χ0n) is 9.16. The Kier molecular flexibility index (Phi) is 4.16. The number of benzene rings is 1. The van der Waals surface area contributed by atoms with Crippen molar-refractivity contribution in [3.63, 3.8) is 0 Å². The van der Waals surface area contributed by atoms with Gasteiger partial charge in [0.25, 0.3) is 0 Å². The fourth-order valence-corrected chi connectivity index (χ4v) is 2.13. The first-order chi connectivity index (χ1) is 8.60. The van der Waals surface area contributed by atoms with Crippen LogP contribution in [0.5, 0.6) is 11.6 Å². The van der Waals surface area contributed by atoms with E-state index in [0.717, 1.165) is 6.20 Å². The maximum atomic E-state index is 13.0. The quantitative estimate of drug-likeness (QED) is 0.928. The lowest BCUT2D eigenvalue weighted by Gasteiger charge is -2.10. The second kappa shape index (κ2) is 5.65. The maximum Gasteiger partial charge on any atom is 0.223 e. The fraction of sp³-hybridized carbons (Fsp3) is 0.0833. The average molecular weight is 332 g/mol. The molecule has 2 rings (SSSR count). The van der Waals surface area contributed by atoms with Gasteiger partial charge in [-0.25, -0.2) is 9.37 Å². The molecule has 0 fully saturated rings. The van der Waals surface area contributed by atoms with Gasteiger partial charge in [0.15, 0.2) is 0 Å². The molecule has 0 unspecified atom stereocenters. The van der Waals surface area contributed by atoms with Crippen LogP contribution in [0.3, 0.4) is 0 Å². The molecule has 0 aliphatic rings. The van der Waals surface area contributed by atoms with Crippen LogP contribution in [0, 0.1) is 5.82 Å². The van der Waals surface area contributed by atoms with Crippen molar-refractivity contribution in [2.45, 2.75) is 6.54 Å². The van der Waals surface area contributed by atoms with Gasteiger partial charge in [-0.3, -0.25) is 0 Å². The monoisotopic (exact) mass is 330 g/mol. The van der Waals surface area contributed by atoms with Crippen LogP contribution >= 0.6 is 27.5 Å². The van der Waals surface area contributed by atoms with Gasteiger partial charge in [0, 0.05) is 17.1 Å². The molecule has 94 valence electrons. The van der Waals surface area contributed by atoms with Crippen molar-refractivity contribution < 1.29 is 9.13 Å². The van der Waals surface area contributed by atoms with Crippen LogP contribution in [-0.4, -0.2) is 4.98 Å². The van der Waals surface area contributed by atoms with Crippen LogP contribution in [0.4, 0.5) is 4.39 Å². The number of pyridine rings is 1. The van der Waals surface area contributed by atoms with Gasteiger partial charge in [-0.15, -0.1) is 0 Å². The summed E-state index contributed by atoms with van der Waals surface area (Å²) in [5, 5.41) is 0.584. The minimum absolute atomic E-state index is 0.144. The Morgan fingerprint density at radius 1 is 1.39 bits per heavy atom. The Labute approximate surface area is 117 Å². The standard InChI is InChI=1S/C12H9BrClFN2O/c13-10-4-8(14)1-2-11(10)18-12-7(5-16)3-9(15)6-17-12/h1-4,6H,5,16H2. The number of halogens is 3. The molecule has 0 atom stereocenters. The van der Waals surface area contributed by atoms with Crippen LogP contribution < -0.4 is 10.5 Å². The summed E-state index contributed by atoms with van der Waals surface area (Å²) in [6.45, 7) is 0.144. The van der Waals surface area contributed by atoms with Crippen molar-refractivity contribution in [2.75, 3.05) is 0 Å². The van der Waals surface area contributed by atoms with Crippen molar-refractivity contribution >= 4 is 27.5 Å². The normalized spacial score (nSPS) is 10.4. The predicted octanol–water partition coefficient (Wildman–Crippen LogP) is 3.89. The highest BCUT2D eigenvalue weighted by Crippen LogP contribution is 2.32. The van der Waals surface area contributed by atoms with E-state index < -0.39 is 5.82 Å².